The Morgan fingerprint density at radius 3 is 1.98 bits per heavy atom. The van der Waals surface area contributed by atoms with E-state index in [2.05, 4.69) is 9.97 Å². The van der Waals surface area contributed by atoms with E-state index in [1.807, 2.05) is 41.3 Å². The van der Waals surface area contributed by atoms with Crippen molar-refractivity contribution in [2.45, 2.75) is 44.8 Å². The average Bonchev–Trinajstić information content (AvgIpc) is 3.00. The summed E-state index contributed by atoms with van der Waals surface area (Å²) in [6.07, 6.45) is 5.79. The van der Waals surface area contributed by atoms with E-state index in [-0.39, 0.29) is 12.0 Å². The third-order valence-electron chi connectivity index (χ3n) is 7.37. The van der Waals surface area contributed by atoms with Crippen LogP contribution in [-0.2, 0) is 17.9 Å². The summed E-state index contributed by atoms with van der Waals surface area (Å²) in [5.74, 6) is 10.2. The van der Waals surface area contributed by atoms with Crippen molar-refractivity contribution < 1.29 is 23.7 Å². The number of hydrogen-bond acceptors (Lipinski definition) is 11. The standard InChI is InChI=1S/C29H38N6O5/c1-37-23-10-8-20(25(13-23)39-3)15-34(16-21-9-11-24(38-2)14-26(21)40-4)28-27(30)29(33-18-32-28)35(31)22-7-5-6-19(12-22)17-36/h8-11,13-14,17-19,22H,5-7,12,15-16,30-31H2,1-4H3. The summed E-state index contributed by atoms with van der Waals surface area (Å²) in [5, 5.41) is 1.59. The molecule has 0 saturated heterocycles. The first-order valence-corrected chi connectivity index (χ1v) is 13.2. The van der Waals surface area contributed by atoms with Crippen molar-refractivity contribution >= 4 is 23.6 Å². The minimum Gasteiger partial charge on any atom is -0.497 e. The zero-order valence-electron chi connectivity index (χ0n) is 23.5. The van der Waals surface area contributed by atoms with Crippen LogP contribution in [0.1, 0.15) is 36.8 Å². The normalized spacial score (nSPS) is 16.6. The van der Waals surface area contributed by atoms with Crippen molar-refractivity contribution in [1.82, 2.24) is 9.97 Å². The molecule has 1 aliphatic rings. The van der Waals surface area contributed by atoms with E-state index in [1.165, 1.54) is 6.33 Å². The van der Waals surface area contributed by atoms with Crippen LogP contribution < -0.4 is 40.4 Å². The highest BCUT2D eigenvalue weighted by molar-refractivity contribution is 5.76. The minimum absolute atomic E-state index is 0.0195. The van der Waals surface area contributed by atoms with Gasteiger partial charge in [-0.1, -0.05) is 6.42 Å². The van der Waals surface area contributed by atoms with Gasteiger partial charge in [-0.25, -0.2) is 15.8 Å². The largest absolute Gasteiger partial charge is 0.497 e. The number of nitrogen functional groups attached to an aromatic ring is 1. The van der Waals surface area contributed by atoms with E-state index in [1.54, 1.807) is 33.4 Å². The number of methoxy groups -OCH3 is 4. The third kappa shape index (κ3) is 6.31. The first-order valence-electron chi connectivity index (χ1n) is 13.2. The molecule has 2 unspecified atom stereocenters. The van der Waals surface area contributed by atoms with E-state index < -0.39 is 0 Å². The number of aromatic nitrogens is 2. The van der Waals surface area contributed by atoms with E-state index >= 15 is 0 Å². The summed E-state index contributed by atoms with van der Waals surface area (Å²) in [5.41, 5.74) is 8.89. The highest BCUT2D eigenvalue weighted by atomic mass is 16.5. The summed E-state index contributed by atoms with van der Waals surface area (Å²) in [4.78, 5) is 22.5. The first kappa shape index (κ1) is 28.8. The zero-order chi connectivity index (χ0) is 28.6. The van der Waals surface area contributed by atoms with Crippen LogP contribution in [-0.4, -0.2) is 50.7 Å². The number of carbonyl (C=O) groups is 1. The number of benzene rings is 2. The number of aldehydes is 1. The van der Waals surface area contributed by atoms with Crippen molar-refractivity contribution in [2.75, 3.05) is 44.1 Å². The third-order valence-corrected chi connectivity index (χ3v) is 7.37. The topological polar surface area (TPSA) is 138 Å². The van der Waals surface area contributed by atoms with Gasteiger partial charge in [0.15, 0.2) is 11.6 Å². The Morgan fingerprint density at radius 1 is 0.875 bits per heavy atom. The highest BCUT2D eigenvalue weighted by Gasteiger charge is 2.29. The highest BCUT2D eigenvalue weighted by Crippen LogP contribution is 2.36. The summed E-state index contributed by atoms with van der Waals surface area (Å²) >= 11 is 0. The fourth-order valence-corrected chi connectivity index (χ4v) is 5.17. The maximum absolute atomic E-state index is 11.5. The molecule has 1 saturated carbocycles. The van der Waals surface area contributed by atoms with Gasteiger partial charge in [0.2, 0.25) is 0 Å². The lowest BCUT2D eigenvalue weighted by Gasteiger charge is -2.35. The molecule has 0 bridgehead atoms. The van der Waals surface area contributed by atoms with E-state index in [0.29, 0.717) is 59.8 Å². The molecule has 1 fully saturated rings. The number of anilines is 3. The number of nitrogens with zero attached hydrogens (tertiary/aromatic N) is 4. The molecular weight excluding hydrogens is 512 g/mol. The van der Waals surface area contributed by atoms with Crippen LogP contribution in [0.2, 0.25) is 0 Å². The molecule has 11 heteroatoms. The summed E-state index contributed by atoms with van der Waals surface area (Å²) in [6, 6.07) is 11.3. The molecule has 11 nitrogen and oxygen atoms in total. The lowest BCUT2D eigenvalue weighted by Crippen LogP contribution is -2.45. The van der Waals surface area contributed by atoms with Gasteiger partial charge in [-0.3, -0.25) is 5.01 Å². The number of rotatable bonds is 12. The Morgan fingerprint density at radius 2 is 1.45 bits per heavy atom. The molecule has 0 radical (unpaired) electrons. The molecular formula is C29H38N6O5. The predicted octanol–water partition coefficient (Wildman–Crippen LogP) is 3.74. The Labute approximate surface area is 235 Å². The van der Waals surface area contributed by atoms with Gasteiger partial charge >= 0.3 is 0 Å². The molecule has 214 valence electrons. The minimum atomic E-state index is -0.0502. The fourth-order valence-electron chi connectivity index (χ4n) is 5.17. The second-order valence-electron chi connectivity index (χ2n) is 9.77. The van der Waals surface area contributed by atoms with Crippen LogP contribution in [0, 0.1) is 5.92 Å². The van der Waals surface area contributed by atoms with Crippen LogP contribution in [0.15, 0.2) is 42.7 Å². The zero-order valence-corrected chi connectivity index (χ0v) is 23.5. The molecule has 1 aliphatic carbocycles. The molecule has 4 rings (SSSR count). The second kappa shape index (κ2) is 13.2. The number of ether oxygens (including phenoxy) is 4. The monoisotopic (exact) mass is 550 g/mol. The molecule has 4 N–H and O–H groups in total. The average molecular weight is 551 g/mol. The number of carbonyl (C=O) groups excluding carboxylic acids is 1. The van der Waals surface area contributed by atoms with E-state index in [0.717, 1.165) is 36.7 Å². The summed E-state index contributed by atoms with van der Waals surface area (Å²) in [7, 11) is 6.47. The van der Waals surface area contributed by atoms with Gasteiger partial charge in [-0.2, -0.15) is 0 Å². The summed E-state index contributed by atoms with van der Waals surface area (Å²) < 4.78 is 22.1. The van der Waals surface area contributed by atoms with Crippen molar-refractivity contribution in [3.63, 3.8) is 0 Å². The molecule has 3 aromatic rings. The van der Waals surface area contributed by atoms with E-state index in [9.17, 15) is 4.79 Å². The van der Waals surface area contributed by atoms with Crippen LogP contribution in [0.3, 0.4) is 0 Å². The lowest BCUT2D eigenvalue weighted by molar-refractivity contribution is -0.112. The van der Waals surface area contributed by atoms with Crippen LogP contribution >= 0.6 is 0 Å². The number of hydrazine groups is 1. The lowest BCUT2D eigenvalue weighted by atomic mass is 9.86. The van der Waals surface area contributed by atoms with Crippen molar-refractivity contribution in [2.24, 2.45) is 11.8 Å². The Hall–Kier alpha value is -4.25. The Balaban J connectivity index is 1.74. The van der Waals surface area contributed by atoms with Gasteiger partial charge in [0.1, 0.15) is 41.3 Å². The van der Waals surface area contributed by atoms with Crippen molar-refractivity contribution in [3.8, 4) is 23.0 Å². The Bertz CT molecular complexity index is 1250. The van der Waals surface area contributed by atoms with E-state index in [4.69, 9.17) is 30.5 Å². The number of hydrogen-bond donors (Lipinski definition) is 2. The molecule has 0 aliphatic heterocycles. The van der Waals surface area contributed by atoms with Crippen LogP contribution in [0.25, 0.3) is 0 Å². The smallest absolute Gasteiger partial charge is 0.171 e. The quantitative estimate of drug-likeness (QED) is 0.194. The predicted molar refractivity (Wildman–Crippen MR) is 154 cm³/mol. The summed E-state index contributed by atoms with van der Waals surface area (Å²) in [6.45, 7) is 0.814. The molecule has 40 heavy (non-hydrogen) atoms. The van der Waals surface area contributed by atoms with Crippen molar-refractivity contribution in [3.05, 3.63) is 53.9 Å². The first-order chi connectivity index (χ1) is 19.4. The maximum atomic E-state index is 11.5. The van der Waals surface area contributed by atoms with Gasteiger partial charge in [0, 0.05) is 48.3 Å². The molecule has 0 amide bonds. The molecule has 2 aromatic carbocycles. The molecule has 1 heterocycles. The Kier molecular flexibility index (Phi) is 9.49. The van der Waals surface area contributed by atoms with Crippen LogP contribution in [0.5, 0.6) is 23.0 Å². The van der Waals surface area contributed by atoms with Gasteiger partial charge < -0.3 is 34.4 Å². The molecule has 2 atom stereocenters. The number of nitrogens with two attached hydrogens (primary N) is 2. The van der Waals surface area contributed by atoms with Gasteiger partial charge in [0.25, 0.3) is 0 Å². The van der Waals surface area contributed by atoms with Crippen molar-refractivity contribution in [1.29, 1.82) is 0 Å². The maximum Gasteiger partial charge on any atom is 0.171 e. The van der Waals surface area contributed by atoms with Gasteiger partial charge in [-0.05, 0) is 43.5 Å². The molecule has 0 spiro atoms. The van der Waals surface area contributed by atoms with Gasteiger partial charge in [-0.15, -0.1) is 0 Å². The fraction of sp³-hybridized carbons (Fsp3) is 0.414. The van der Waals surface area contributed by atoms with Crippen LogP contribution in [0.4, 0.5) is 17.3 Å². The van der Waals surface area contributed by atoms with Gasteiger partial charge in [0.05, 0.1) is 28.4 Å². The second-order valence-corrected chi connectivity index (χ2v) is 9.77. The molecule has 1 aromatic heterocycles. The SMILES string of the molecule is COc1ccc(CN(Cc2ccc(OC)cc2OC)c2ncnc(N(N)C3CCCC(C=O)C3)c2N)c(OC)c1.